The Labute approximate surface area is 194 Å². The van der Waals surface area contributed by atoms with Crippen LogP contribution in [0.1, 0.15) is 5.56 Å². The molecule has 1 saturated heterocycles. The van der Waals surface area contributed by atoms with Crippen molar-refractivity contribution in [2.24, 2.45) is 11.8 Å². The van der Waals surface area contributed by atoms with Crippen molar-refractivity contribution in [3.8, 4) is 0 Å². The van der Waals surface area contributed by atoms with Gasteiger partial charge in [-0.15, -0.1) is 23.5 Å². The zero-order valence-corrected chi connectivity index (χ0v) is 20.0. The summed E-state index contributed by atoms with van der Waals surface area (Å²) in [4.78, 5) is 2.86. The molecular weight excluding hydrogens is 442 g/mol. The second kappa shape index (κ2) is 10.3. The van der Waals surface area contributed by atoms with Crippen LogP contribution in [0, 0.1) is 18.8 Å². The first-order chi connectivity index (χ1) is 15.0. The molecule has 4 rings (SSSR count). The lowest BCUT2D eigenvalue weighted by atomic mass is 10.0. The number of nitrogens with zero attached hydrogens (tertiary/aromatic N) is 1. The van der Waals surface area contributed by atoms with Crippen molar-refractivity contribution in [2.75, 3.05) is 24.6 Å². The molecule has 3 aromatic rings. The summed E-state index contributed by atoms with van der Waals surface area (Å²) >= 11 is 3.65. The van der Waals surface area contributed by atoms with Crippen LogP contribution in [0.25, 0.3) is 0 Å². The largest absolute Gasteiger partial charge is 0.243 e. The van der Waals surface area contributed by atoms with Crippen molar-refractivity contribution >= 4 is 33.5 Å². The summed E-state index contributed by atoms with van der Waals surface area (Å²) in [7, 11) is -3.47. The molecule has 31 heavy (non-hydrogen) atoms. The summed E-state index contributed by atoms with van der Waals surface area (Å²) in [5.41, 5.74) is 1.06. The van der Waals surface area contributed by atoms with Crippen LogP contribution in [0.4, 0.5) is 0 Å². The van der Waals surface area contributed by atoms with Crippen LogP contribution < -0.4 is 0 Å². The van der Waals surface area contributed by atoms with Crippen LogP contribution in [0.5, 0.6) is 0 Å². The molecule has 1 aliphatic heterocycles. The third kappa shape index (κ3) is 5.75. The first kappa shape index (κ1) is 22.5. The third-order valence-corrected chi connectivity index (χ3v) is 9.86. The SMILES string of the molecule is Cc1ccc(S(=O)(=O)N2CC(CSc3ccccc3)C(CSc3ccccc3)C2)cc1. The predicted molar refractivity (Wildman–Crippen MR) is 131 cm³/mol. The zero-order valence-electron chi connectivity index (χ0n) is 17.6. The van der Waals surface area contributed by atoms with E-state index in [2.05, 4.69) is 24.3 Å². The smallest absolute Gasteiger partial charge is 0.207 e. The van der Waals surface area contributed by atoms with Crippen molar-refractivity contribution in [1.29, 1.82) is 0 Å². The Balaban J connectivity index is 1.49. The molecule has 162 valence electrons. The number of sulfonamides is 1. The van der Waals surface area contributed by atoms with E-state index in [9.17, 15) is 8.42 Å². The van der Waals surface area contributed by atoms with Gasteiger partial charge in [-0.3, -0.25) is 0 Å². The molecule has 2 unspecified atom stereocenters. The van der Waals surface area contributed by atoms with Gasteiger partial charge in [0.05, 0.1) is 4.90 Å². The summed E-state index contributed by atoms with van der Waals surface area (Å²) in [6, 6.07) is 27.9. The molecule has 0 N–H and O–H groups in total. The van der Waals surface area contributed by atoms with Gasteiger partial charge in [-0.2, -0.15) is 4.31 Å². The number of benzene rings is 3. The lowest BCUT2D eigenvalue weighted by Gasteiger charge is -2.17. The van der Waals surface area contributed by atoms with Crippen molar-refractivity contribution in [3.05, 3.63) is 90.5 Å². The fourth-order valence-corrected chi connectivity index (χ4v) is 7.59. The van der Waals surface area contributed by atoms with E-state index < -0.39 is 10.0 Å². The second-order valence-corrected chi connectivity index (χ2v) is 12.0. The molecule has 0 radical (unpaired) electrons. The summed E-state index contributed by atoms with van der Waals surface area (Å²) in [5.74, 6) is 2.48. The quantitative estimate of drug-likeness (QED) is 0.390. The van der Waals surface area contributed by atoms with Crippen molar-refractivity contribution < 1.29 is 8.42 Å². The molecule has 0 aromatic heterocycles. The van der Waals surface area contributed by atoms with Crippen LogP contribution in [0.15, 0.2) is 99.6 Å². The van der Waals surface area contributed by atoms with E-state index >= 15 is 0 Å². The molecule has 0 aliphatic carbocycles. The van der Waals surface area contributed by atoms with Gasteiger partial charge in [0.15, 0.2) is 0 Å². The van der Waals surface area contributed by atoms with Crippen LogP contribution >= 0.6 is 23.5 Å². The third-order valence-electron chi connectivity index (χ3n) is 5.62. The maximum atomic E-state index is 13.3. The molecule has 0 saturated carbocycles. The second-order valence-electron chi connectivity index (χ2n) is 7.90. The van der Waals surface area contributed by atoms with E-state index in [4.69, 9.17) is 0 Å². The van der Waals surface area contributed by atoms with E-state index in [0.29, 0.717) is 29.8 Å². The van der Waals surface area contributed by atoms with E-state index in [0.717, 1.165) is 17.1 Å². The standard InChI is InChI=1S/C25H27NO2S3/c1-20-12-14-25(15-13-20)31(27,28)26-16-21(18-29-23-8-4-2-5-9-23)22(17-26)19-30-24-10-6-3-7-11-24/h2-15,21-22H,16-19H2,1H3. The van der Waals surface area contributed by atoms with Crippen molar-refractivity contribution in [1.82, 2.24) is 4.31 Å². The van der Waals surface area contributed by atoms with Crippen molar-refractivity contribution in [2.45, 2.75) is 21.6 Å². The number of hydrogen-bond acceptors (Lipinski definition) is 4. The number of hydrogen-bond donors (Lipinski definition) is 0. The maximum Gasteiger partial charge on any atom is 0.243 e. The average molecular weight is 470 g/mol. The fourth-order valence-electron chi connectivity index (χ4n) is 3.77. The molecule has 0 bridgehead atoms. The Morgan fingerprint density at radius 1 is 0.742 bits per heavy atom. The topological polar surface area (TPSA) is 37.4 Å². The molecule has 0 spiro atoms. The van der Waals surface area contributed by atoms with Gasteiger partial charge in [0.2, 0.25) is 10.0 Å². The predicted octanol–water partition coefficient (Wildman–Crippen LogP) is 5.82. The van der Waals surface area contributed by atoms with E-state index in [1.165, 1.54) is 9.79 Å². The molecule has 3 nitrogen and oxygen atoms in total. The van der Waals surface area contributed by atoms with Crippen LogP contribution in [0.3, 0.4) is 0 Å². The minimum Gasteiger partial charge on any atom is -0.207 e. The van der Waals surface area contributed by atoms with E-state index in [-0.39, 0.29) is 0 Å². The van der Waals surface area contributed by atoms with Crippen molar-refractivity contribution in [3.63, 3.8) is 0 Å². The number of aryl methyl sites for hydroxylation is 1. The first-order valence-corrected chi connectivity index (χ1v) is 13.9. The lowest BCUT2D eigenvalue weighted by molar-refractivity contribution is 0.464. The molecule has 1 aliphatic rings. The summed E-state index contributed by atoms with van der Waals surface area (Å²) in [6.45, 7) is 3.13. The van der Waals surface area contributed by atoms with Crippen LogP contribution in [-0.4, -0.2) is 37.3 Å². The molecule has 3 aromatic carbocycles. The summed E-state index contributed by atoms with van der Waals surface area (Å²) in [5, 5.41) is 0. The number of rotatable bonds is 8. The normalized spacial score (nSPS) is 19.5. The summed E-state index contributed by atoms with van der Waals surface area (Å²) in [6.07, 6.45) is 0. The van der Waals surface area contributed by atoms with Crippen LogP contribution in [0.2, 0.25) is 0 Å². The molecule has 1 heterocycles. The Morgan fingerprint density at radius 3 is 1.65 bits per heavy atom. The molecular formula is C25H27NO2S3. The van der Waals surface area contributed by atoms with Gasteiger partial charge in [0.1, 0.15) is 0 Å². The minimum atomic E-state index is -3.47. The van der Waals surface area contributed by atoms with E-state index in [1.54, 1.807) is 16.4 Å². The van der Waals surface area contributed by atoms with Crippen LogP contribution in [-0.2, 0) is 10.0 Å². The highest BCUT2D eigenvalue weighted by Gasteiger charge is 2.39. The fraction of sp³-hybridized carbons (Fsp3) is 0.280. The first-order valence-electron chi connectivity index (χ1n) is 10.4. The lowest BCUT2D eigenvalue weighted by Crippen LogP contribution is -2.29. The molecule has 1 fully saturated rings. The van der Waals surface area contributed by atoms with Gasteiger partial charge >= 0.3 is 0 Å². The Kier molecular flexibility index (Phi) is 7.43. The molecule has 6 heteroatoms. The van der Waals surface area contributed by atoms with Gasteiger partial charge in [-0.05, 0) is 55.2 Å². The Morgan fingerprint density at radius 2 is 1.19 bits per heavy atom. The zero-order chi connectivity index (χ0) is 21.7. The highest BCUT2D eigenvalue weighted by molar-refractivity contribution is 7.99. The number of thioether (sulfide) groups is 2. The van der Waals surface area contributed by atoms with Gasteiger partial charge in [-0.25, -0.2) is 8.42 Å². The van der Waals surface area contributed by atoms with Gasteiger partial charge in [0.25, 0.3) is 0 Å². The highest BCUT2D eigenvalue weighted by Crippen LogP contribution is 2.36. The van der Waals surface area contributed by atoms with Gasteiger partial charge < -0.3 is 0 Å². The highest BCUT2D eigenvalue weighted by atomic mass is 32.2. The summed E-state index contributed by atoms with van der Waals surface area (Å²) < 4.78 is 28.3. The van der Waals surface area contributed by atoms with Gasteiger partial charge in [-0.1, -0.05) is 54.1 Å². The van der Waals surface area contributed by atoms with E-state index in [1.807, 2.05) is 79.0 Å². The Hall–Kier alpha value is -1.73. The molecule has 0 amide bonds. The van der Waals surface area contributed by atoms with Gasteiger partial charge in [0, 0.05) is 34.4 Å². The Bertz CT molecular complexity index is 1020. The molecule has 2 atom stereocenters. The monoisotopic (exact) mass is 469 g/mol. The average Bonchev–Trinajstić information content (AvgIpc) is 3.22. The maximum absolute atomic E-state index is 13.3. The minimum absolute atomic E-state index is 0.321.